The van der Waals surface area contributed by atoms with E-state index in [2.05, 4.69) is 41.3 Å². The zero-order valence-electron chi connectivity index (χ0n) is 17.5. The number of benzene rings is 1. The fourth-order valence-corrected chi connectivity index (χ4v) is 3.88. The van der Waals surface area contributed by atoms with Gasteiger partial charge in [-0.15, -0.1) is 0 Å². The van der Waals surface area contributed by atoms with Gasteiger partial charge in [0.05, 0.1) is 12.7 Å². The van der Waals surface area contributed by atoms with Gasteiger partial charge in [-0.3, -0.25) is 4.79 Å². The number of likely N-dealkylation sites (N-methyl/N-ethyl adjacent to an activating group) is 1. The molecule has 2 heterocycles. The first-order valence-corrected chi connectivity index (χ1v) is 10.2. The van der Waals surface area contributed by atoms with E-state index in [4.69, 9.17) is 17.3 Å². The molecule has 0 spiro atoms. The van der Waals surface area contributed by atoms with Crippen LogP contribution in [0.15, 0.2) is 18.3 Å². The van der Waals surface area contributed by atoms with Gasteiger partial charge in [-0.1, -0.05) is 17.7 Å². The maximum atomic E-state index is 12.3. The molecule has 1 amide bonds. The molecule has 0 atom stereocenters. The first-order chi connectivity index (χ1) is 13.7. The van der Waals surface area contributed by atoms with Crippen LogP contribution in [0.25, 0.3) is 0 Å². The summed E-state index contributed by atoms with van der Waals surface area (Å²) in [4.78, 5) is 24.6. The van der Waals surface area contributed by atoms with Crippen LogP contribution in [-0.2, 0) is 4.79 Å². The zero-order valence-corrected chi connectivity index (χ0v) is 18.3. The standard InChI is InChI=1S/C21H29ClN6O/c1-13-10-18(25-21-24-11-17(22)20(23)26-21)14(2)9-16(13)15-5-7-28(8-6-15)19(29)12-27(3)4/h9-11,15H,5-8,12H2,1-4H3,(H3,23,24,25,26). The van der Waals surface area contributed by atoms with Gasteiger partial charge in [0.1, 0.15) is 10.8 Å². The normalized spacial score (nSPS) is 15.0. The minimum Gasteiger partial charge on any atom is -0.382 e. The average Bonchev–Trinajstić information content (AvgIpc) is 2.67. The van der Waals surface area contributed by atoms with Crippen molar-refractivity contribution in [2.45, 2.75) is 32.6 Å². The summed E-state index contributed by atoms with van der Waals surface area (Å²) < 4.78 is 0. The molecule has 0 saturated carbocycles. The molecule has 0 radical (unpaired) electrons. The lowest BCUT2D eigenvalue weighted by Gasteiger charge is -2.33. The Kier molecular flexibility index (Phi) is 6.59. The quantitative estimate of drug-likeness (QED) is 0.777. The Balaban J connectivity index is 1.70. The molecule has 3 rings (SSSR count). The van der Waals surface area contributed by atoms with Crippen molar-refractivity contribution < 1.29 is 4.79 Å². The Bertz CT molecular complexity index is 893. The fraction of sp³-hybridized carbons (Fsp3) is 0.476. The smallest absolute Gasteiger partial charge is 0.236 e. The van der Waals surface area contributed by atoms with E-state index in [1.54, 1.807) is 0 Å². The van der Waals surface area contributed by atoms with E-state index < -0.39 is 0 Å². The highest BCUT2D eigenvalue weighted by Gasteiger charge is 2.25. The molecule has 1 aliphatic rings. The number of nitrogens with zero attached hydrogens (tertiary/aromatic N) is 4. The summed E-state index contributed by atoms with van der Waals surface area (Å²) in [7, 11) is 3.85. The molecule has 0 bridgehead atoms. The lowest BCUT2D eigenvalue weighted by atomic mass is 9.85. The largest absolute Gasteiger partial charge is 0.382 e. The third-order valence-corrected chi connectivity index (χ3v) is 5.66. The topological polar surface area (TPSA) is 87.4 Å². The van der Waals surface area contributed by atoms with Crippen LogP contribution >= 0.6 is 11.6 Å². The molecule has 156 valence electrons. The molecule has 1 aromatic heterocycles. The average molecular weight is 417 g/mol. The van der Waals surface area contributed by atoms with Gasteiger partial charge in [0.15, 0.2) is 0 Å². The predicted molar refractivity (Wildman–Crippen MR) is 118 cm³/mol. The minimum atomic E-state index is 0.211. The number of hydrogen-bond acceptors (Lipinski definition) is 6. The third-order valence-electron chi connectivity index (χ3n) is 5.37. The van der Waals surface area contributed by atoms with E-state index in [0.29, 0.717) is 23.4 Å². The number of amides is 1. The number of nitrogen functional groups attached to an aromatic ring is 1. The van der Waals surface area contributed by atoms with Crippen molar-refractivity contribution in [3.05, 3.63) is 40.0 Å². The Morgan fingerprint density at radius 2 is 1.97 bits per heavy atom. The van der Waals surface area contributed by atoms with Crippen LogP contribution in [0.3, 0.4) is 0 Å². The van der Waals surface area contributed by atoms with Crippen LogP contribution in [0.1, 0.15) is 35.4 Å². The summed E-state index contributed by atoms with van der Waals surface area (Å²) >= 11 is 5.90. The molecule has 8 heteroatoms. The molecule has 1 saturated heterocycles. The highest BCUT2D eigenvalue weighted by molar-refractivity contribution is 6.32. The lowest BCUT2D eigenvalue weighted by Crippen LogP contribution is -2.42. The van der Waals surface area contributed by atoms with Crippen molar-refractivity contribution in [1.82, 2.24) is 19.8 Å². The first kappa shape index (κ1) is 21.3. The van der Waals surface area contributed by atoms with E-state index in [9.17, 15) is 4.79 Å². The minimum absolute atomic E-state index is 0.211. The number of rotatable bonds is 5. The van der Waals surface area contributed by atoms with Crippen LogP contribution in [0.5, 0.6) is 0 Å². The van der Waals surface area contributed by atoms with Crippen LogP contribution < -0.4 is 11.1 Å². The van der Waals surface area contributed by atoms with Gasteiger partial charge in [0.25, 0.3) is 0 Å². The third kappa shape index (κ3) is 5.16. The summed E-state index contributed by atoms with van der Waals surface area (Å²) in [5, 5.41) is 3.57. The molecule has 7 nitrogen and oxygen atoms in total. The van der Waals surface area contributed by atoms with Crippen molar-refractivity contribution >= 4 is 35.0 Å². The number of carbonyl (C=O) groups is 1. The first-order valence-electron chi connectivity index (χ1n) is 9.83. The van der Waals surface area contributed by atoms with Crippen LogP contribution in [-0.4, -0.2) is 59.4 Å². The second-order valence-corrected chi connectivity index (χ2v) is 8.38. The molecule has 3 N–H and O–H groups in total. The fourth-order valence-electron chi connectivity index (χ4n) is 3.78. The molecule has 1 fully saturated rings. The highest BCUT2D eigenvalue weighted by Crippen LogP contribution is 2.34. The van der Waals surface area contributed by atoms with Gasteiger partial charge < -0.3 is 20.9 Å². The zero-order chi connectivity index (χ0) is 21.1. The predicted octanol–water partition coefficient (Wildman–Crippen LogP) is 3.34. The summed E-state index contributed by atoms with van der Waals surface area (Å²) in [6.45, 7) is 6.29. The number of carbonyl (C=O) groups excluding carboxylic acids is 1. The van der Waals surface area contributed by atoms with E-state index in [1.807, 2.05) is 23.9 Å². The SMILES string of the molecule is Cc1cc(C2CCN(C(=O)CN(C)C)CC2)c(C)cc1Nc1ncc(Cl)c(N)n1. The number of halogens is 1. The molecular weight excluding hydrogens is 388 g/mol. The van der Waals surface area contributed by atoms with Gasteiger partial charge in [0.2, 0.25) is 11.9 Å². The van der Waals surface area contributed by atoms with E-state index in [-0.39, 0.29) is 11.7 Å². The Hall–Kier alpha value is -2.38. The number of nitrogens with two attached hydrogens (primary N) is 1. The van der Waals surface area contributed by atoms with E-state index in [0.717, 1.165) is 37.2 Å². The molecular formula is C21H29ClN6O. The van der Waals surface area contributed by atoms with E-state index >= 15 is 0 Å². The summed E-state index contributed by atoms with van der Waals surface area (Å²) in [5.74, 6) is 1.36. The molecule has 29 heavy (non-hydrogen) atoms. The second kappa shape index (κ2) is 8.97. The van der Waals surface area contributed by atoms with Gasteiger partial charge in [-0.05, 0) is 69.5 Å². The molecule has 0 aliphatic carbocycles. The number of nitrogens with one attached hydrogen (secondary N) is 1. The maximum Gasteiger partial charge on any atom is 0.236 e. The summed E-state index contributed by atoms with van der Waals surface area (Å²) in [5.41, 5.74) is 10.4. The van der Waals surface area contributed by atoms with Crippen molar-refractivity contribution in [2.75, 3.05) is 44.8 Å². The number of hydrogen-bond donors (Lipinski definition) is 2. The Morgan fingerprint density at radius 1 is 1.28 bits per heavy atom. The van der Waals surface area contributed by atoms with Gasteiger partial charge in [0, 0.05) is 18.8 Å². The maximum absolute atomic E-state index is 12.3. The van der Waals surface area contributed by atoms with Crippen molar-refractivity contribution in [1.29, 1.82) is 0 Å². The van der Waals surface area contributed by atoms with Gasteiger partial charge in [-0.2, -0.15) is 4.98 Å². The number of likely N-dealkylation sites (tertiary alicyclic amines) is 1. The number of aromatic nitrogens is 2. The van der Waals surface area contributed by atoms with Gasteiger partial charge >= 0.3 is 0 Å². The second-order valence-electron chi connectivity index (χ2n) is 7.97. The molecule has 1 aromatic carbocycles. The van der Waals surface area contributed by atoms with E-state index in [1.165, 1.54) is 17.3 Å². The number of anilines is 3. The van der Waals surface area contributed by atoms with Crippen molar-refractivity contribution in [3.8, 4) is 0 Å². The molecule has 1 aliphatic heterocycles. The Morgan fingerprint density at radius 3 is 2.59 bits per heavy atom. The van der Waals surface area contributed by atoms with Crippen molar-refractivity contribution in [2.24, 2.45) is 0 Å². The lowest BCUT2D eigenvalue weighted by molar-refractivity contribution is -0.132. The van der Waals surface area contributed by atoms with Crippen LogP contribution in [0, 0.1) is 13.8 Å². The Labute approximate surface area is 177 Å². The van der Waals surface area contributed by atoms with Crippen LogP contribution in [0.4, 0.5) is 17.5 Å². The van der Waals surface area contributed by atoms with Gasteiger partial charge in [-0.25, -0.2) is 4.98 Å². The molecule has 0 unspecified atom stereocenters. The highest BCUT2D eigenvalue weighted by atomic mass is 35.5. The monoisotopic (exact) mass is 416 g/mol. The number of aryl methyl sites for hydroxylation is 2. The molecule has 2 aromatic rings. The van der Waals surface area contributed by atoms with Crippen molar-refractivity contribution in [3.63, 3.8) is 0 Å². The summed E-state index contributed by atoms with van der Waals surface area (Å²) in [6.07, 6.45) is 3.47. The van der Waals surface area contributed by atoms with Crippen LogP contribution in [0.2, 0.25) is 5.02 Å². The summed E-state index contributed by atoms with van der Waals surface area (Å²) in [6, 6.07) is 4.36. The number of piperidine rings is 1.